The zero-order valence-corrected chi connectivity index (χ0v) is 15.3. The fourth-order valence-electron chi connectivity index (χ4n) is 2.83. The molecule has 0 atom stereocenters. The molecule has 0 radical (unpaired) electrons. The van der Waals surface area contributed by atoms with Gasteiger partial charge < -0.3 is 4.74 Å². The Bertz CT molecular complexity index is 748. The lowest BCUT2D eigenvalue weighted by Crippen LogP contribution is -2.43. The monoisotopic (exact) mass is 352 g/mol. The number of carbonyl (C=O) groups is 1. The van der Waals surface area contributed by atoms with E-state index >= 15 is 0 Å². The molecule has 0 amide bonds. The predicted octanol–water partition coefficient (Wildman–Crippen LogP) is 3.60. The first-order chi connectivity index (χ1) is 12.6. The van der Waals surface area contributed by atoms with Gasteiger partial charge in [0.25, 0.3) is 0 Å². The third-order valence-electron chi connectivity index (χ3n) is 4.45. The molecule has 26 heavy (non-hydrogen) atoms. The largest absolute Gasteiger partial charge is 0.465 e. The van der Waals surface area contributed by atoms with Crippen LogP contribution in [0.25, 0.3) is 0 Å². The minimum Gasteiger partial charge on any atom is -0.465 e. The van der Waals surface area contributed by atoms with Crippen LogP contribution < -0.4 is 0 Å². The SMILES string of the molecule is COC(=O)c1ccc(N=NN2CCN(Cc3ccc(C)cc3)CC2)cc1. The second-order valence-corrected chi connectivity index (χ2v) is 6.44. The van der Waals surface area contributed by atoms with Crippen LogP contribution in [0.15, 0.2) is 58.9 Å². The summed E-state index contributed by atoms with van der Waals surface area (Å²) in [5, 5.41) is 10.6. The van der Waals surface area contributed by atoms with Crippen molar-refractivity contribution in [3.63, 3.8) is 0 Å². The van der Waals surface area contributed by atoms with Crippen LogP contribution in [-0.4, -0.2) is 49.2 Å². The first-order valence-corrected chi connectivity index (χ1v) is 8.77. The average molecular weight is 352 g/mol. The molecule has 0 saturated carbocycles. The molecule has 2 aromatic carbocycles. The predicted molar refractivity (Wildman–Crippen MR) is 100 cm³/mol. The van der Waals surface area contributed by atoms with Gasteiger partial charge in [0.15, 0.2) is 0 Å². The molecule has 136 valence electrons. The molecule has 3 rings (SSSR count). The summed E-state index contributed by atoms with van der Waals surface area (Å²) in [4.78, 5) is 13.9. The Morgan fingerprint density at radius 3 is 2.27 bits per heavy atom. The van der Waals surface area contributed by atoms with Crippen LogP contribution in [-0.2, 0) is 11.3 Å². The summed E-state index contributed by atoms with van der Waals surface area (Å²) in [7, 11) is 1.37. The number of piperazine rings is 1. The minimum atomic E-state index is -0.349. The number of rotatable bonds is 5. The Labute approximate surface area is 154 Å². The van der Waals surface area contributed by atoms with E-state index in [0.29, 0.717) is 5.56 Å². The Morgan fingerprint density at radius 2 is 1.65 bits per heavy atom. The maximum atomic E-state index is 11.4. The second-order valence-electron chi connectivity index (χ2n) is 6.44. The topological polar surface area (TPSA) is 57.5 Å². The van der Waals surface area contributed by atoms with E-state index in [-0.39, 0.29) is 5.97 Å². The molecule has 1 aliphatic heterocycles. The van der Waals surface area contributed by atoms with Gasteiger partial charge in [0, 0.05) is 19.6 Å². The van der Waals surface area contributed by atoms with Crippen molar-refractivity contribution < 1.29 is 9.53 Å². The summed E-state index contributed by atoms with van der Waals surface area (Å²) in [5.74, 6) is -0.349. The first-order valence-electron chi connectivity index (χ1n) is 8.77. The van der Waals surface area contributed by atoms with E-state index in [0.717, 1.165) is 38.4 Å². The molecule has 1 heterocycles. The van der Waals surface area contributed by atoms with E-state index in [4.69, 9.17) is 0 Å². The van der Waals surface area contributed by atoms with Crippen LogP contribution in [0.4, 0.5) is 5.69 Å². The van der Waals surface area contributed by atoms with Crippen LogP contribution in [0.1, 0.15) is 21.5 Å². The Morgan fingerprint density at radius 1 is 1.00 bits per heavy atom. The number of ether oxygens (including phenoxy) is 1. The summed E-state index contributed by atoms with van der Waals surface area (Å²) in [6, 6.07) is 15.6. The average Bonchev–Trinajstić information content (AvgIpc) is 2.69. The van der Waals surface area contributed by atoms with Crippen molar-refractivity contribution in [3.05, 3.63) is 65.2 Å². The van der Waals surface area contributed by atoms with Gasteiger partial charge in [-0.15, -0.1) is 5.11 Å². The third kappa shape index (κ3) is 4.89. The van der Waals surface area contributed by atoms with Crippen molar-refractivity contribution in [1.82, 2.24) is 9.91 Å². The summed E-state index contributed by atoms with van der Waals surface area (Å²) in [6.45, 7) is 6.73. The molecule has 1 saturated heterocycles. The molecular weight excluding hydrogens is 328 g/mol. The molecule has 0 aliphatic carbocycles. The summed E-state index contributed by atoms with van der Waals surface area (Å²) in [5.41, 5.74) is 3.87. The van der Waals surface area contributed by atoms with E-state index in [2.05, 4.69) is 51.2 Å². The van der Waals surface area contributed by atoms with E-state index in [1.807, 2.05) is 5.01 Å². The highest BCUT2D eigenvalue weighted by molar-refractivity contribution is 5.89. The van der Waals surface area contributed by atoms with Crippen LogP contribution in [0.5, 0.6) is 0 Å². The van der Waals surface area contributed by atoms with E-state index in [1.165, 1.54) is 18.2 Å². The van der Waals surface area contributed by atoms with Gasteiger partial charge in [-0.3, -0.25) is 9.91 Å². The Hall–Kier alpha value is -2.73. The van der Waals surface area contributed by atoms with Crippen molar-refractivity contribution >= 4 is 11.7 Å². The molecule has 0 aromatic heterocycles. The van der Waals surface area contributed by atoms with Crippen molar-refractivity contribution in [3.8, 4) is 0 Å². The molecular formula is C20H24N4O2. The van der Waals surface area contributed by atoms with Gasteiger partial charge in [-0.05, 0) is 36.8 Å². The molecule has 0 bridgehead atoms. The lowest BCUT2D eigenvalue weighted by Gasteiger charge is -2.32. The van der Waals surface area contributed by atoms with Gasteiger partial charge in [-0.2, -0.15) is 0 Å². The number of methoxy groups -OCH3 is 1. The number of hydrogen-bond donors (Lipinski definition) is 0. The Kier molecular flexibility index (Phi) is 5.96. The van der Waals surface area contributed by atoms with Crippen LogP contribution >= 0.6 is 0 Å². The molecule has 1 aliphatic rings. The second kappa shape index (κ2) is 8.58. The fourth-order valence-corrected chi connectivity index (χ4v) is 2.83. The van der Waals surface area contributed by atoms with Crippen molar-refractivity contribution in [2.75, 3.05) is 33.3 Å². The Balaban J connectivity index is 1.48. The van der Waals surface area contributed by atoms with Gasteiger partial charge in [0.05, 0.1) is 31.5 Å². The lowest BCUT2D eigenvalue weighted by molar-refractivity contribution is 0.0601. The maximum absolute atomic E-state index is 11.4. The van der Waals surface area contributed by atoms with Crippen molar-refractivity contribution in [2.24, 2.45) is 10.3 Å². The van der Waals surface area contributed by atoms with Crippen LogP contribution in [0.3, 0.4) is 0 Å². The summed E-state index contributed by atoms with van der Waals surface area (Å²) >= 11 is 0. The molecule has 2 aromatic rings. The number of benzene rings is 2. The summed E-state index contributed by atoms with van der Waals surface area (Å²) < 4.78 is 4.68. The zero-order chi connectivity index (χ0) is 18.4. The van der Waals surface area contributed by atoms with Crippen LogP contribution in [0, 0.1) is 6.92 Å². The van der Waals surface area contributed by atoms with Gasteiger partial charge in [-0.1, -0.05) is 35.1 Å². The molecule has 0 unspecified atom stereocenters. The number of aryl methyl sites for hydroxylation is 1. The molecule has 1 fully saturated rings. The lowest BCUT2D eigenvalue weighted by atomic mass is 10.1. The highest BCUT2D eigenvalue weighted by atomic mass is 16.5. The quantitative estimate of drug-likeness (QED) is 0.609. The van der Waals surface area contributed by atoms with Gasteiger partial charge in [0.1, 0.15) is 0 Å². The number of esters is 1. The highest BCUT2D eigenvalue weighted by Gasteiger charge is 2.15. The van der Waals surface area contributed by atoms with E-state index < -0.39 is 0 Å². The van der Waals surface area contributed by atoms with Crippen molar-refractivity contribution in [1.29, 1.82) is 0 Å². The maximum Gasteiger partial charge on any atom is 0.337 e. The standard InChI is InChI=1S/C20H24N4O2/c1-16-3-5-17(6-4-16)15-23-11-13-24(14-12-23)22-21-19-9-7-18(8-10-19)20(25)26-2/h3-10H,11-15H2,1-2H3. The van der Waals surface area contributed by atoms with Gasteiger partial charge in [-0.25, -0.2) is 4.79 Å². The van der Waals surface area contributed by atoms with E-state index in [9.17, 15) is 4.79 Å². The number of carbonyl (C=O) groups excluding carboxylic acids is 1. The molecule has 0 spiro atoms. The number of hydrogen-bond acceptors (Lipinski definition) is 5. The third-order valence-corrected chi connectivity index (χ3v) is 4.45. The highest BCUT2D eigenvalue weighted by Crippen LogP contribution is 2.16. The van der Waals surface area contributed by atoms with Crippen molar-refractivity contribution in [2.45, 2.75) is 13.5 Å². The smallest absolute Gasteiger partial charge is 0.337 e. The normalized spacial score (nSPS) is 15.4. The summed E-state index contributed by atoms with van der Waals surface area (Å²) in [6.07, 6.45) is 0. The fraction of sp³-hybridized carbons (Fsp3) is 0.350. The zero-order valence-electron chi connectivity index (χ0n) is 15.3. The van der Waals surface area contributed by atoms with Gasteiger partial charge >= 0.3 is 5.97 Å². The van der Waals surface area contributed by atoms with E-state index in [1.54, 1.807) is 24.3 Å². The van der Waals surface area contributed by atoms with Crippen LogP contribution in [0.2, 0.25) is 0 Å². The number of nitrogens with zero attached hydrogens (tertiary/aromatic N) is 4. The van der Waals surface area contributed by atoms with Gasteiger partial charge in [0.2, 0.25) is 0 Å². The molecule has 0 N–H and O–H groups in total. The molecule has 6 nitrogen and oxygen atoms in total. The minimum absolute atomic E-state index is 0.349. The molecule has 6 heteroatoms. The first kappa shape index (κ1) is 18.1.